The number of hydrogen-bond acceptors (Lipinski definition) is 4. The van der Waals surface area contributed by atoms with Crippen LogP contribution in [-0.2, 0) is 0 Å². The summed E-state index contributed by atoms with van der Waals surface area (Å²) in [5, 5.41) is 12.2. The minimum Gasteiger partial charge on any atom is -0.497 e. The van der Waals surface area contributed by atoms with E-state index in [4.69, 9.17) is 14.3 Å². The zero-order valence-corrected chi connectivity index (χ0v) is 12.3. The van der Waals surface area contributed by atoms with E-state index in [1.165, 1.54) is 6.07 Å². The van der Waals surface area contributed by atoms with Crippen LogP contribution in [0.3, 0.4) is 0 Å². The Morgan fingerprint density at radius 3 is 2.33 bits per heavy atom. The van der Waals surface area contributed by atoms with Crippen molar-refractivity contribution in [3.05, 3.63) is 53.5 Å². The van der Waals surface area contributed by atoms with Gasteiger partial charge in [0, 0.05) is 6.04 Å². The maximum atomic E-state index is 10.8. The summed E-state index contributed by atoms with van der Waals surface area (Å²) in [5.74, 6) is 0.316. The van der Waals surface area contributed by atoms with E-state index < -0.39 is 5.97 Å². The monoisotopic (exact) mass is 289 g/mol. The molecule has 21 heavy (non-hydrogen) atoms. The van der Waals surface area contributed by atoms with E-state index in [9.17, 15) is 4.79 Å². The predicted molar refractivity (Wildman–Crippen MR) is 78.6 cm³/mol. The van der Waals surface area contributed by atoms with E-state index in [0.717, 1.165) is 11.3 Å². The van der Waals surface area contributed by atoms with Crippen LogP contribution in [0.5, 0.6) is 5.75 Å². The van der Waals surface area contributed by atoms with E-state index in [0.29, 0.717) is 5.76 Å². The number of aromatic carboxylic acids is 1. The second kappa shape index (κ2) is 6.45. The molecule has 0 saturated heterocycles. The first-order valence-corrected chi connectivity index (χ1v) is 6.74. The van der Waals surface area contributed by atoms with Gasteiger partial charge in [0.1, 0.15) is 11.5 Å². The molecule has 1 unspecified atom stereocenters. The molecule has 112 valence electrons. The Morgan fingerprint density at radius 2 is 1.81 bits per heavy atom. The van der Waals surface area contributed by atoms with Gasteiger partial charge in [0.2, 0.25) is 5.76 Å². The van der Waals surface area contributed by atoms with Gasteiger partial charge in [-0.15, -0.1) is 0 Å². The summed E-state index contributed by atoms with van der Waals surface area (Å²) in [6.07, 6.45) is 0. The summed E-state index contributed by atoms with van der Waals surface area (Å²) in [7, 11) is 1.63. The lowest BCUT2D eigenvalue weighted by Gasteiger charge is -2.19. The minimum atomic E-state index is -1.06. The fraction of sp³-hybridized carbons (Fsp3) is 0.312. The lowest BCUT2D eigenvalue weighted by Crippen LogP contribution is -2.22. The molecule has 0 saturated carbocycles. The highest BCUT2D eigenvalue weighted by Crippen LogP contribution is 2.22. The maximum absolute atomic E-state index is 10.8. The van der Waals surface area contributed by atoms with Crippen molar-refractivity contribution < 1.29 is 19.1 Å². The Bertz CT molecular complexity index is 603. The smallest absolute Gasteiger partial charge is 0.371 e. The van der Waals surface area contributed by atoms with Crippen LogP contribution in [0.25, 0.3) is 0 Å². The fourth-order valence-electron chi connectivity index (χ4n) is 2.15. The van der Waals surface area contributed by atoms with Gasteiger partial charge in [-0.2, -0.15) is 0 Å². The van der Waals surface area contributed by atoms with Crippen LogP contribution < -0.4 is 10.1 Å². The molecule has 2 N–H and O–H groups in total. The van der Waals surface area contributed by atoms with Gasteiger partial charge in [-0.25, -0.2) is 4.79 Å². The molecule has 0 aliphatic heterocycles. The van der Waals surface area contributed by atoms with Crippen LogP contribution in [0, 0.1) is 0 Å². The van der Waals surface area contributed by atoms with Gasteiger partial charge in [0.05, 0.1) is 13.2 Å². The molecule has 0 spiro atoms. The normalized spacial score (nSPS) is 13.7. The molecule has 0 aliphatic rings. The van der Waals surface area contributed by atoms with Crippen molar-refractivity contribution in [2.24, 2.45) is 0 Å². The van der Waals surface area contributed by atoms with Gasteiger partial charge in [-0.3, -0.25) is 0 Å². The number of benzene rings is 1. The third-order valence-electron chi connectivity index (χ3n) is 3.38. The number of carboxylic acid groups (broad SMARTS) is 1. The number of carboxylic acids is 1. The van der Waals surface area contributed by atoms with Crippen molar-refractivity contribution in [2.45, 2.75) is 25.9 Å². The molecule has 0 radical (unpaired) electrons. The molecule has 0 amide bonds. The van der Waals surface area contributed by atoms with Gasteiger partial charge in [-0.05, 0) is 43.7 Å². The maximum Gasteiger partial charge on any atom is 0.371 e. The lowest BCUT2D eigenvalue weighted by atomic mass is 10.1. The number of nitrogens with one attached hydrogen (secondary N) is 1. The van der Waals surface area contributed by atoms with Crippen molar-refractivity contribution in [3.63, 3.8) is 0 Å². The SMILES string of the molecule is COc1ccc([C@@H](C)NC(C)c2ccc(C(=O)O)o2)cc1. The average Bonchev–Trinajstić information content (AvgIpc) is 2.97. The Hall–Kier alpha value is -2.27. The summed E-state index contributed by atoms with van der Waals surface area (Å²) in [4.78, 5) is 10.8. The summed E-state index contributed by atoms with van der Waals surface area (Å²) < 4.78 is 10.4. The van der Waals surface area contributed by atoms with Crippen molar-refractivity contribution in [2.75, 3.05) is 7.11 Å². The van der Waals surface area contributed by atoms with Crippen LogP contribution in [0.4, 0.5) is 0 Å². The molecule has 2 aromatic rings. The molecule has 5 heteroatoms. The van der Waals surface area contributed by atoms with Crippen molar-refractivity contribution in [1.29, 1.82) is 0 Å². The van der Waals surface area contributed by atoms with Crippen LogP contribution in [0.15, 0.2) is 40.8 Å². The zero-order valence-electron chi connectivity index (χ0n) is 12.3. The molecule has 0 aliphatic carbocycles. The average molecular weight is 289 g/mol. The molecule has 1 aromatic heterocycles. The van der Waals surface area contributed by atoms with E-state index in [2.05, 4.69) is 5.32 Å². The van der Waals surface area contributed by atoms with Gasteiger partial charge in [-0.1, -0.05) is 12.1 Å². The number of hydrogen-bond donors (Lipinski definition) is 2. The Morgan fingerprint density at radius 1 is 1.14 bits per heavy atom. The quantitative estimate of drug-likeness (QED) is 0.852. The number of carbonyl (C=O) groups is 1. The highest BCUT2D eigenvalue weighted by Gasteiger charge is 2.16. The third kappa shape index (κ3) is 3.64. The Kier molecular flexibility index (Phi) is 4.65. The van der Waals surface area contributed by atoms with E-state index in [-0.39, 0.29) is 17.8 Å². The van der Waals surface area contributed by atoms with E-state index >= 15 is 0 Å². The molecule has 5 nitrogen and oxygen atoms in total. The van der Waals surface area contributed by atoms with Gasteiger partial charge < -0.3 is 19.6 Å². The summed E-state index contributed by atoms with van der Waals surface area (Å²) in [6, 6.07) is 11.0. The first-order valence-electron chi connectivity index (χ1n) is 6.74. The standard InChI is InChI=1S/C16H19NO4/c1-10(12-4-6-13(20-3)7-5-12)17-11(2)14-8-9-15(21-14)16(18)19/h4-11,17H,1-3H3,(H,18,19)/t10-,11?/m1/s1. The molecule has 0 bridgehead atoms. The Labute approximate surface area is 123 Å². The highest BCUT2D eigenvalue weighted by atomic mass is 16.5. The second-order valence-electron chi connectivity index (χ2n) is 4.89. The number of furan rings is 1. The molecule has 1 aromatic carbocycles. The molecular formula is C16H19NO4. The van der Waals surface area contributed by atoms with Crippen LogP contribution in [-0.4, -0.2) is 18.2 Å². The topological polar surface area (TPSA) is 71.7 Å². The number of methoxy groups -OCH3 is 1. The summed E-state index contributed by atoms with van der Waals surface area (Å²) in [6.45, 7) is 3.98. The van der Waals surface area contributed by atoms with Gasteiger partial charge >= 0.3 is 5.97 Å². The van der Waals surface area contributed by atoms with Crippen molar-refractivity contribution in [1.82, 2.24) is 5.32 Å². The van der Waals surface area contributed by atoms with Gasteiger partial charge in [0.15, 0.2) is 0 Å². The number of ether oxygens (including phenoxy) is 1. The summed E-state index contributed by atoms with van der Waals surface area (Å²) >= 11 is 0. The zero-order chi connectivity index (χ0) is 15.4. The highest BCUT2D eigenvalue weighted by molar-refractivity contribution is 5.84. The van der Waals surface area contributed by atoms with Gasteiger partial charge in [0.25, 0.3) is 0 Å². The molecule has 2 rings (SSSR count). The molecule has 1 heterocycles. The molecule has 0 fully saturated rings. The van der Waals surface area contributed by atoms with Crippen molar-refractivity contribution >= 4 is 5.97 Å². The van der Waals surface area contributed by atoms with E-state index in [1.54, 1.807) is 13.2 Å². The largest absolute Gasteiger partial charge is 0.497 e. The van der Waals surface area contributed by atoms with Crippen LogP contribution in [0.2, 0.25) is 0 Å². The lowest BCUT2D eigenvalue weighted by molar-refractivity contribution is 0.0659. The van der Waals surface area contributed by atoms with Crippen LogP contribution in [0.1, 0.15) is 47.8 Å². The number of rotatable bonds is 6. The minimum absolute atomic E-state index is 0.0456. The fourth-order valence-corrected chi connectivity index (χ4v) is 2.15. The summed E-state index contributed by atoms with van der Waals surface area (Å²) in [5.41, 5.74) is 1.12. The van der Waals surface area contributed by atoms with Crippen LogP contribution >= 0.6 is 0 Å². The molecule has 2 atom stereocenters. The first kappa shape index (κ1) is 15.1. The predicted octanol–water partition coefficient (Wildman–Crippen LogP) is 3.40. The van der Waals surface area contributed by atoms with E-state index in [1.807, 2.05) is 38.1 Å². The second-order valence-corrected chi connectivity index (χ2v) is 4.89. The Balaban J connectivity index is 2.03. The van der Waals surface area contributed by atoms with Crippen molar-refractivity contribution in [3.8, 4) is 5.75 Å². The first-order chi connectivity index (χ1) is 10.0. The molecular weight excluding hydrogens is 270 g/mol. The third-order valence-corrected chi connectivity index (χ3v) is 3.38.